The van der Waals surface area contributed by atoms with Crippen LogP contribution in [0.2, 0.25) is 5.15 Å². The number of hydrogen-bond acceptors (Lipinski definition) is 2. The first-order valence-corrected chi connectivity index (χ1v) is 5.51. The van der Waals surface area contributed by atoms with E-state index in [-0.39, 0.29) is 11.8 Å². The molecule has 1 fully saturated rings. The molecule has 2 unspecified atom stereocenters. The number of halogens is 1. The molecular formula is C11H13ClN2O. The average molecular weight is 225 g/mol. The molecule has 1 aromatic rings. The third kappa shape index (κ3) is 2.48. The molecule has 0 saturated heterocycles. The maximum atomic E-state index is 11.7. The van der Waals surface area contributed by atoms with Gasteiger partial charge < -0.3 is 5.32 Å². The fourth-order valence-corrected chi connectivity index (χ4v) is 1.91. The van der Waals surface area contributed by atoms with E-state index in [0.717, 1.165) is 18.5 Å². The van der Waals surface area contributed by atoms with Crippen molar-refractivity contribution < 1.29 is 4.79 Å². The summed E-state index contributed by atoms with van der Waals surface area (Å²) < 4.78 is 0. The highest BCUT2D eigenvalue weighted by Gasteiger charge is 2.41. The summed E-state index contributed by atoms with van der Waals surface area (Å²) in [5, 5.41) is 3.24. The number of nitrogens with one attached hydrogen (secondary N) is 1. The molecule has 1 aliphatic rings. The molecule has 1 N–H and O–H groups in total. The van der Waals surface area contributed by atoms with Crippen LogP contribution in [0.25, 0.3) is 0 Å². The Morgan fingerprint density at radius 2 is 2.53 bits per heavy atom. The van der Waals surface area contributed by atoms with Gasteiger partial charge in [0.2, 0.25) is 5.91 Å². The van der Waals surface area contributed by atoms with Gasteiger partial charge in [0.05, 0.1) is 0 Å². The van der Waals surface area contributed by atoms with E-state index in [2.05, 4.69) is 17.2 Å². The Kier molecular flexibility index (Phi) is 2.91. The molecule has 0 aliphatic heterocycles. The summed E-state index contributed by atoms with van der Waals surface area (Å²) in [7, 11) is 0. The van der Waals surface area contributed by atoms with Gasteiger partial charge in [-0.15, -0.1) is 0 Å². The number of carbonyl (C=O) groups is 1. The molecule has 1 saturated carbocycles. The van der Waals surface area contributed by atoms with Crippen molar-refractivity contribution >= 4 is 23.2 Å². The first-order valence-electron chi connectivity index (χ1n) is 5.13. The van der Waals surface area contributed by atoms with Crippen LogP contribution < -0.4 is 5.32 Å². The van der Waals surface area contributed by atoms with Crippen molar-refractivity contribution in [1.82, 2.24) is 4.98 Å². The minimum absolute atomic E-state index is 0.101. The third-order valence-corrected chi connectivity index (χ3v) is 2.98. The van der Waals surface area contributed by atoms with Crippen molar-refractivity contribution in [1.29, 1.82) is 0 Å². The largest absolute Gasteiger partial charge is 0.326 e. The molecule has 2 rings (SSSR count). The van der Waals surface area contributed by atoms with Crippen molar-refractivity contribution in [2.75, 3.05) is 5.32 Å². The fraction of sp³-hybridized carbons (Fsp3) is 0.455. The van der Waals surface area contributed by atoms with Crippen LogP contribution in [0.4, 0.5) is 5.69 Å². The van der Waals surface area contributed by atoms with Crippen LogP contribution >= 0.6 is 11.6 Å². The van der Waals surface area contributed by atoms with Gasteiger partial charge in [0.15, 0.2) is 0 Å². The monoisotopic (exact) mass is 224 g/mol. The second-order valence-electron chi connectivity index (χ2n) is 3.87. The van der Waals surface area contributed by atoms with Crippen LogP contribution in [0.3, 0.4) is 0 Å². The second kappa shape index (κ2) is 4.19. The topological polar surface area (TPSA) is 42.0 Å². The van der Waals surface area contributed by atoms with Crippen molar-refractivity contribution in [3.05, 3.63) is 23.5 Å². The minimum atomic E-state index is 0.101. The molecule has 1 heterocycles. The summed E-state index contributed by atoms with van der Waals surface area (Å²) in [6.07, 6.45) is 3.68. The highest BCUT2D eigenvalue weighted by atomic mass is 35.5. The maximum absolute atomic E-state index is 11.7. The number of amides is 1. The van der Waals surface area contributed by atoms with E-state index in [0.29, 0.717) is 11.1 Å². The van der Waals surface area contributed by atoms with E-state index < -0.39 is 0 Å². The minimum Gasteiger partial charge on any atom is -0.326 e. The van der Waals surface area contributed by atoms with Crippen LogP contribution in [0.1, 0.15) is 19.8 Å². The molecule has 2 atom stereocenters. The molecule has 0 bridgehead atoms. The summed E-state index contributed by atoms with van der Waals surface area (Å²) >= 11 is 5.72. The first kappa shape index (κ1) is 10.4. The van der Waals surface area contributed by atoms with Gasteiger partial charge in [0.25, 0.3) is 0 Å². The number of carbonyl (C=O) groups excluding carboxylic acids is 1. The first-order chi connectivity index (χ1) is 7.20. The van der Waals surface area contributed by atoms with E-state index in [1.54, 1.807) is 18.3 Å². The molecule has 80 valence electrons. The lowest BCUT2D eigenvalue weighted by Gasteiger charge is -2.04. The Morgan fingerprint density at radius 3 is 3.13 bits per heavy atom. The van der Waals surface area contributed by atoms with Gasteiger partial charge in [-0.3, -0.25) is 4.79 Å². The second-order valence-corrected chi connectivity index (χ2v) is 4.25. The maximum Gasteiger partial charge on any atom is 0.227 e. The van der Waals surface area contributed by atoms with Crippen LogP contribution in [-0.2, 0) is 4.79 Å². The van der Waals surface area contributed by atoms with E-state index in [4.69, 9.17) is 11.6 Å². The van der Waals surface area contributed by atoms with Crippen LogP contribution in [0.5, 0.6) is 0 Å². The molecule has 0 aromatic carbocycles. The fourth-order valence-electron chi connectivity index (χ4n) is 1.74. The number of hydrogen-bond donors (Lipinski definition) is 1. The lowest BCUT2D eigenvalue weighted by atomic mass is 10.2. The van der Waals surface area contributed by atoms with Gasteiger partial charge in [0.1, 0.15) is 5.15 Å². The Balaban J connectivity index is 1.95. The molecule has 3 nitrogen and oxygen atoms in total. The van der Waals surface area contributed by atoms with Gasteiger partial charge in [0, 0.05) is 17.8 Å². The summed E-state index contributed by atoms with van der Waals surface area (Å²) in [6, 6.07) is 3.40. The zero-order chi connectivity index (χ0) is 10.8. The van der Waals surface area contributed by atoms with Crippen molar-refractivity contribution in [3.8, 4) is 0 Å². The summed E-state index contributed by atoms with van der Waals surface area (Å²) in [4.78, 5) is 15.5. The van der Waals surface area contributed by atoms with Gasteiger partial charge in [-0.25, -0.2) is 4.98 Å². The van der Waals surface area contributed by atoms with Gasteiger partial charge in [-0.2, -0.15) is 0 Å². The highest BCUT2D eigenvalue weighted by Crippen LogP contribution is 2.41. The van der Waals surface area contributed by atoms with Gasteiger partial charge in [-0.05, 0) is 24.5 Å². The predicted octanol–water partition coefficient (Wildman–Crippen LogP) is 2.72. The number of anilines is 1. The quantitative estimate of drug-likeness (QED) is 0.803. The van der Waals surface area contributed by atoms with Crippen LogP contribution in [-0.4, -0.2) is 10.9 Å². The Hall–Kier alpha value is -1.09. The summed E-state index contributed by atoms with van der Waals surface area (Å²) in [6.45, 7) is 2.11. The zero-order valence-electron chi connectivity index (χ0n) is 8.53. The molecule has 1 amide bonds. The molecule has 1 aliphatic carbocycles. The molecule has 15 heavy (non-hydrogen) atoms. The Bertz CT molecular complexity index is 381. The smallest absolute Gasteiger partial charge is 0.227 e. The highest BCUT2D eigenvalue weighted by molar-refractivity contribution is 6.29. The lowest BCUT2D eigenvalue weighted by Crippen LogP contribution is -2.14. The number of nitrogens with zero attached hydrogens (tertiary/aromatic N) is 1. The van der Waals surface area contributed by atoms with Crippen molar-refractivity contribution in [2.45, 2.75) is 19.8 Å². The Morgan fingerprint density at radius 1 is 1.73 bits per heavy atom. The molecule has 0 spiro atoms. The van der Waals surface area contributed by atoms with Crippen molar-refractivity contribution in [2.24, 2.45) is 11.8 Å². The SMILES string of the molecule is CCC1CC1C(=O)Nc1ccnc(Cl)c1. The molecule has 1 aromatic heterocycles. The number of rotatable bonds is 3. The van der Waals surface area contributed by atoms with Gasteiger partial charge >= 0.3 is 0 Å². The van der Waals surface area contributed by atoms with E-state index in [9.17, 15) is 4.79 Å². The number of aromatic nitrogens is 1. The van der Waals surface area contributed by atoms with Crippen LogP contribution in [0.15, 0.2) is 18.3 Å². The van der Waals surface area contributed by atoms with Crippen LogP contribution in [0, 0.1) is 11.8 Å². The van der Waals surface area contributed by atoms with Crippen molar-refractivity contribution in [3.63, 3.8) is 0 Å². The van der Waals surface area contributed by atoms with E-state index >= 15 is 0 Å². The normalized spacial score (nSPS) is 23.6. The average Bonchev–Trinajstić information content (AvgIpc) is 2.96. The number of pyridine rings is 1. The standard InChI is InChI=1S/C11H13ClN2O/c1-2-7-5-9(7)11(15)14-8-3-4-13-10(12)6-8/h3-4,6-7,9H,2,5H2,1H3,(H,13,14,15). The lowest BCUT2D eigenvalue weighted by molar-refractivity contribution is -0.117. The summed E-state index contributed by atoms with van der Waals surface area (Å²) in [5.74, 6) is 0.869. The molecule has 4 heteroatoms. The van der Waals surface area contributed by atoms with E-state index in [1.165, 1.54) is 0 Å². The van der Waals surface area contributed by atoms with E-state index in [1.807, 2.05) is 0 Å². The predicted molar refractivity (Wildman–Crippen MR) is 59.8 cm³/mol. The van der Waals surface area contributed by atoms with Gasteiger partial charge in [-0.1, -0.05) is 24.9 Å². The Labute approximate surface area is 93.8 Å². The molecular weight excluding hydrogens is 212 g/mol. The molecule has 0 radical (unpaired) electrons. The summed E-state index contributed by atoms with van der Waals surface area (Å²) in [5.41, 5.74) is 0.724. The zero-order valence-corrected chi connectivity index (χ0v) is 9.29. The third-order valence-electron chi connectivity index (χ3n) is 2.78.